The van der Waals surface area contributed by atoms with Crippen LogP contribution in [-0.2, 0) is 16.0 Å². The van der Waals surface area contributed by atoms with Crippen molar-refractivity contribution in [3.8, 4) is 6.07 Å². The number of nitrogens with zero attached hydrogens (tertiary/aromatic N) is 2. The SMILES string of the molecule is CC1(C)OC[C@@H]2C[C@@](C)(C#N)N[C@H](Cc3ccccc3)C(=O)N21. The molecule has 1 amide bonds. The smallest absolute Gasteiger partial charge is 0.242 e. The van der Waals surface area contributed by atoms with Crippen molar-refractivity contribution < 1.29 is 9.53 Å². The first kappa shape index (κ1) is 16.0. The lowest BCUT2D eigenvalue weighted by molar-refractivity contribution is -0.147. The number of rotatable bonds is 2. The minimum Gasteiger partial charge on any atom is -0.354 e. The lowest BCUT2D eigenvalue weighted by Gasteiger charge is -2.34. The summed E-state index contributed by atoms with van der Waals surface area (Å²) < 4.78 is 5.82. The molecule has 5 heteroatoms. The van der Waals surface area contributed by atoms with Gasteiger partial charge in [0.05, 0.1) is 24.8 Å². The first-order chi connectivity index (χ1) is 10.8. The average molecular weight is 313 g/mol. The molecule has 2 aliphatic heterocycles. The van der Waals surface area contributed by atoms with Gasteiger partial charge >= 0.3 is 0 Å². The second-order valence-corrected chi connectivity index (χ2v) is 7.15. The highest BCUT2D eigenvalue weighted by Gasteiger charge is 2.51. The van der Waals surface area contributed by atoms with Crippen LogP contribution in [0.2, 0.25) is 0 Å². The first-order valence-electron chi connectivity index (χ1n) is 8.05. The third kappa shape index (κ3) is 2.97. The average Bonchev–Trinajstić information content (AvgIpc) is 2.75. The maximum Gasteiger partial charge on any atom is 0.242 e. The Kier molecular flexibility index (Phi) is 3.91. The predicted octanol–water partition coefficient (Wildman–Crippen LogP) is 1.84. The standard InChI is InChI=1S/C18H23N3O2/c1-17(2)21-14(11-23-17)10-18(3,12-19)20-15(16(21)22)9-13-7-5-4-6-8-13/h4-8,14-15,20H,9-11H2,1-3H3/t14-,15+,18-/m0/s1. The summed E-state index contributed by atoms with van der Waals surface area (Å²) in [6.45, 7) is 6.18. The molecule has 1 aromatic carbocycles. The van der Waals surface area contributed by atoms with Crippen molar-refractivity contribution in [1.82, 2.24) is 10.2 Å². The van der Waals surface area contributed by atoms with E-state index in [1.807, 2.05) is 56.0 Å². The predicted molar refractivity (Wildman–Crippen MR) is 86.4 cm³/mol. The number of hydrogen-bond donors (Lipinski definition) is 1. The van der Waals surface area contributed by atoms with E-state index < -0.39 is 17.3 Å². The van der Waals surface area contributed by atoms with Crippen LogP contribution in [-0.4, -0.2) is 40.8 Å². The van der Waals surface area contributed by atoms with Crippen molar-refractivity contribution in [2.24, 2.45) is 0 Å². The summed E-state index contributed by atoms with van der Waals surface area (Å²) in [6.07, 6.45) is 1.14. The van der Waals surface area contributed by atoms with Gasteiger partial charge in [0, 0.05) is 6.42 Å². The fraction of sp³-hybridized carbons (Fsp3) is 0.556. The van der Waals surface area contributed by atoms with Crippen LogP contribution in [0.4, 0.5) is 0 Å². The molecule has 2 saturated heterocycles. The molecule has 2 heterocycles. The third-order valence-corrected chi connectivity index (χ3v) is 4.78. The van der Waals surface area contributed by atoms with Gasteiger partial charge in [-0.1, -0.05) is 30.3 Å². The fourth-order valence-corrected chi connectivity index (χ4v) is 3.69. The number of hydrogen-bond acceptors (Lipinski definition) is 4. The molecule has 1 N–H and O–H groups in total. The van der Waals surface area contributed by atoms with E-state index in [0.29, 0.717) is 19.4 Å². The van der Waals surface area contributed by atoms with Gasteiger partial charge in [-0.2, -0.15) is 5.26 Å². The summed E-state index contributed by atoms with van der Waals surface area (Å²) in [5.41, 5.74) is -0.285. The molecular weight excluding hydrogens is 290 g/mol. The number of ether oxygens (including phenoxy) is 1. The molecule has 2 aliphatic rings. The van der Waals surface area contributed by atoms with Gasteiger partial charge in [0.25, 0.3) is 0 Å². The number of nitrogens with one attached hydrogen (secondary N) is 1. The Balaban J connectivity index is 1.94. The Labute approximate surface area is 137 Å². The van der Waals surface area contributed by atoms with Gasteiger partial charge < -0.3 is 9.64 Å². The van der Waals surface area contributed by atoms with E-state index in [9.17, 15) is 10.1 Å². The number of carbonyl (C=O) groups is 1. The summed E-state index contributed by atoms with van der Waals surface area (Å²) in [7, 11) is 0. The number of nitriles is 1. The number of benzene rings is 1. The molecule has 3 rings (SSSR count). The summed E-state index contributed by atoms with van der Waals surface area (Å²) in [5, 5.41) is 12.9. The monoisotopic (exact) mass is 313 g/mol. The van der Waals surface area contributed by atoms with E-state index in [1.165, 1.54) is 0 Å². The van der Waals surface area contributed by atoms with E-state index in [2.05, 4.69) is 11.4 Å². The molecule has 0 spiro atoms. The van der Waals surface area contributed by atoms with E-state index in [1.54, 1.807) is 0 Å². The molecule has 1 aromatic rings. The molecule has 0 aromatic heterocycles. The summed E-state index contributed by atoms with van der Waals surface area (Å²) in [6, 6.07) is 11.8. The number of amides is 1. The molecule has 2 fully saturated rings. The van der Waals surface area contributed by atoms with E-state index in [0.717, 1.165) is 5.56 Å². The molecule has 0 radical (unpaired) electrons. The van der Waals surface area contributed by atoms with Crippen molar-refractivity contribution in [2.45, 2.75) is 57.0 Å². The second kappa shape index (κ2) is 5.63. The van der Waals surface area contributed by atoms with Crippen LogP contribution in [0.5, 0.6) is 0 Å². The van der Waals surface area contributed by atoms with Crippen LogP contribution in [0.1, 0.15) is 32.8 Å². The maximum atomic E-state index is 13.1. The van der Waals surface area contributed by atoms with Gasteiger partial charge in [-0.15, -0.1) is 0 Å². The maximum absolute atomic E-state index is 13.1. The zero-order valence-electron chi connectivity index (χ0n) is 13.9. The molecule has 23 heavy (non-hydrogen) atoms. The molecule has 0 unspecified atom stereocenters. The van der Waals surface area contributed by atoms with Gasteiger partial charge in [0.1, 0.15) is 11.3 Å². The Bertz CT molecular complexity index is 637. The van der Waals surface area contributed by atoms with Gasteiger partial charge in [-0.3, -0.25) is 10.1 Å². The molecule has 0 saturated carbocycles. The third-order valence-electron chi connectivity index (χ3n) is 4.78. The molecule has 3 atom stereocenters. The minimum atomic E-state index is -0.738. The van der Waals surface area contributed by atoms with Gasteiger partial charge in [0.2, 0.25) is 5.91 Å². The summed E-state index contributed by atoms with van der Waals surface area (Å²) in [5.74, 6) is 0.0142. The zero-order chi connectivity index (χ0) is 16.7. The lowest BCUT2D eigenvalue weighted by atomic mass is 9.94. The van der Waals surface area contributed by atoms with Crippen LogP contribution in [0.25, 0.3) is 0 Å². The Morgan fingerprint density at radius 2 is 2.04 bits per heavy atom. The van der Waals surface area contributed by atoms with Crippen molar-refractivity contribution in [2.75, 3.05) is 6.61 Å². The highest BCUT2D eigenvalue weighted by Crippen LogP contribution is 2.35. The van der Waals surface area contributed by atoms with Crippen LogP contribution in [0, 0.1) is 11.3 Å². The molecule has 122 valence electrons. The Hall–Kier alpha value is -1.90. The Morgan fingerprint density at radius 3 is 2.70 bits per heavy atom. The molecular formula is C18H23N3O2. The largest absolute Gasteiger partial charge is 0.354 e. The van der Waals surface area contributed by atoms with Crippen molar-refractivity contribution in [3.05, 3.63) is 35.9 Å². The molecule has 5 nitrogen and oxygen atoms in total. The van der Waals surface area contributed by atoms with Gasteiger partial charge in [0.15, 0.2) is 0 Å². The van der Waals surface area contributed by atoms with E-state index in [-0.39, 0.29) is 11.9 Å². The van der Waals surface area contributed by atoms with Crippen LogP contribution in [0.15, 0.2) is 30.3 Å². The normalized spacial score (nSPS) is 33.0. The fourth-order valence-electron chi connectivity index (χ4n) is 3.69. The van der Waals surface area contributed by atoms with Gasteiger partial charge in [-0.25, -0.2) is 0 Å². The van der Waals surface area contributed by atoms with Crippen LogP contribution >= 0.6 is 0 Å². The van der Waals surface area contributed by atoms with Crippen molar-refractivity contribution in [3.63, 3.8) is 0 Å². The van der Waals surface area contributed by atoms with Crippen molar-refractivity contribution in [1.29, 1.82) is 5.26 Å². The van der Waals surface area contributed by atoms with Crippen LogP contribution in [0.3, 0.4) is 0 Å². The number of fused-ring (bicyclic) bond motifs is 1. The lowest BCUT2D eigenvalue weighted by Crippen LogP contribution is -2.54. The minimum absolute atomic E-state index is 0.0142. The first-order valence-corrected chi connectivity index (χ1v) is 8.05. The van der Waals surface area contributed by atoms with Gasteiger partial charge in [-0.05, 0) is 32.8 Å². The second-order valence-electron chi connectivity index (χ2n) is 7.15. The van der Waals surface area contributed by atoms with E-state index >= 15 is 0 Å². The topological polar surface area (TPSA) is 65.4 Å². The number of carbonyl (C=O) groups excluding carboxylic acids is 1. The quantitative estimate of drug-likeness (QED) is 0.905. The molecule has 0 bridgehead atoms. The highest BCUT2D eigenvalue weighted by molar-refractivity contribution is 5.84. The highest BCUT2D eigenvalue weighted by atomic mass is 16.5. The summed E-state index contributed by atoms with van der Waals surface area (Å²) in [4.78, 5) is 15.0. The zero-order valence-corrected chi connectivity index (χ0v) is 13.9. The van der Waals surface area contributed by atoms with Crippen LogP contribution < -0.4 is 5.32 Å². The summed E-state index contributed by atoms with van der Waals surface area (Å²) >= 11 is 0. The van der Waals surface area contributed by atoms with Crippen molar-refractivity contribution >= 4 is 5.91 Å². The Morgan fingerprint density at radius 1 is 1.35 bits per heavy atom. The van der Waals surface area contributed by atoms with E-state index in [4.69, 9.17) is 4.74 Å². The molecule has 0 aliphatic carbocycles.